The molecule has 3 aliphatic carbocycles. The quantitative estimate of drug-likeness (QED) is 0.231. The zero-order chi connectivity index (χ0) is 28.9. The van der Waals surface area contributed by atoms with Crippen LogP contribution in [0.2, 0.25) is 0 Å². The van der Waals surface area contributed by atoms with E-state index in [9.17, 15) is 18.0 Å². The number of carbonyl (C=O) groups is 2. The first-order valence-electron chi connectivity index (χ1n) is 14.0. The summed E-state index contributed by atoms with van der Waals surface area (Å²) in [5, 5.41) is 3.40. The fourth-order valence-electron chi connectivity index (χ4n) is 6.47. The Kier molecular flexibility index (Phi) is 6.86. The van der Waals surface area contributed by atoms with E-state index in [0.29, 0.717) is 40.7 Å². The van der Waals surface area contributed by atoms with Crippen LogP contribution in [-0.2, 0) is 16.4 Å². The molecule has 0 saturated heterocycles. The van der Waals surface area contributed by atoms with Gasteiger partial charge in [-0.3, -0.25) is 9.59 Å². The summed E-state index contributed by atoms with van der Waals surface area (Å²) < 4.78 is 32.4. The number of nitrogens with one attached hydrogen (secondary N) is 2. The van der Waals surface area contributed by atoms with Crippen LogP contribution in [0.25, 0.3) is 33.4 Å². The van der Waals surface area contributed by atoms with E-state index in [0.717, 1.165) is 40.0 Å². The first-order chi connectivity index (χ1) is 19.5. The zero-order valence-corrected chi connectivity index (χ0v) is 24.4. The summed E-state index contributed by atoms with van der Waals surface area (Å²) in [6, 6.07) is 19.2. The molecule has 1 amide bonds. The third-order valence-corrected chi connectivity index (χ3v) is 9.36. The predicted molar refractivity (Wildman–Crippen MR) is 160 cm³/mol. The van der Waals surface area contributed by atoms with Gasteiger partial charge in [-0.2, -0.15) is 0 Å². The second-order valence-electron chi connectivity index (χ2n) is 11.8. The number of aryl methyl sites for hydroxylation is 1. The summed E-state index contributed by atoms with van der Waals surface area (Å²) in [6.07, 6.45) is 5.61. The highest BCUT2D eigenvalue weighted by Gasteiger charge is 2.56. The van der Waals surface area contributed by atoms with Gasteiger partial charge >= 0.3 is 0 Å². The summed E-state index contributed by atoms with van der Waals surface area (Å²) in [4.78, 5) is 26.4. The molecule has 4 aromatic rings. The number of furan rings is 1. The minimum atomic E-state index is -3.37. The molecule has 7 rings (SSSR count). The van der Waals surface area contributed by atoms with E-state index in [-0.39, 0.29) is 23.7 Å². The minimum absolute atomic E-state index is 0.155. The molecule has 0 aliphatic heterocycles. The number of hydrogen-bond donors (Lipinski definition) is 2. The number of sulfonamides is 1. The van der Waals surface area contributed by atoms with Gasteiger partial charge in [-0.1, -0.05) is 48.0 Å². The Morgan fingerprint density at radius 1 is 1.00 bits per heavy atom. The fourth-order valence-corrected chi connectivity index (χ4v) is 6.94. The van der Waals surface area contributed by atoms with Crippen LogP contribution in [0.3, 0.4) is 0 Å². The van der Waals surface area contributed by atoms with E-state index >= 15 is 0 Å². The lowest BCUT2D eigenvalue weighted by molar-refractivity contribution is -0.103. The second-order valence-corrected chi connectivity index (χ2v) is 13.7. The number of rotatable bonds is 10. The monoisotopic (exact) mass is 570 g/mol. The number of carbonyl (C=O) groups excluding carboxylic acids is 2. The number of fused-ring (bicyclic) bond motifs is 1. The largest absolute Gasteiger partial charge is 0.455 e. The van der Waals surface area contributed by atoms with Gasteiger partial charge in [-0.15, -0.1) is 0 Å². The van der Waals surface area contributed by atoms with Crippen LogP contribution in [0.4, 0.5) is 0 Å². The Morgan fingerprint density at radius 2 is 1.73 bits per heavy atom. The van der Waals surface area contributed by atoms with Crippen molar-refractivity contribution in [2.45, 2.75) is 39.0 Å². The molecule has 0 atom stereocenters. The molecular formula is C33H34N2O5S. The normalized spacial score (nSPS) is 19.4. The Balaban J connectivity index is 1.46. The average Bonchev–Trinajstić information content (AvgIpc) is 3.27. The van der Waals surface area contributed by atoms with Gasteiger partial charge in [0.2, 0.25) is 10.0 Å². The molecule has 3 fully saturated rings. The van der Waals surface area contributed by atoms with Crippen molar-refractivity contribution in [3.63, 3.8) is 0 Å². The molecule has 0 spiro atoms. The van der Waals surface area contributed by atoms with Crippen LogP contribution < -0.4 is 10.0 Å². The summed E-state index contributed by atoms with van der Waals surface area (Å²) in [6.45, 7) is 2.20. The SMILES string of the molecule is CNC(=O)c1c(-c2ccc(C)cc2)oc2cc(CCNS(C)(=O)=O)c(-c3cccc(C(=O)CC45CC(C4)C5)c3)cc12. The van der Waals surface area contributed by atoms with Crippen molar-refractivity contribution in [3.8, 4) is 22.5 Å². The van der Waals surface area contributed by atoms with Crippen LogP contribution >= 0.6 is 0 Å². The molecular weight excluding hydrogens is 536 g/mol. The first-order valence-corrected chi connectivity index (χ1v) is 15.9. The maximum Gasteiger partial charge on any atom is 0.255 e. The molecule has 0 radical (unpaired) electrons. The van der Waals surface area contributed by atoms with Crippen molar-refractivity contribution in [3.05, 3.63) is 82.9 Å². The van der Waals surface area contributed by atoms with Gasteiger partial charge in [0.05, 0.1) is 11.8 Å². The van der Waals surface area contributed by atoms with E-state index in [1.807, 2.05) is 67.6 Å². The van der Waals surface area contributed by atoms with Crippen molar-refractivity contribution >= 4 is 32.7 Å². The summed E-state index contributed by atoms with van der Waals surface area (Å²) in [7, 11) is -1.78. The van der Waals surface area contributed by atoms with E-state index in [1.54, 1.807) is 7.05 Å². The number of hydrogen-bond acceptors (Lipinski definition) is 5. The number of benzene rings is 3. The standard InChI is InChI=1S/C33H34N2O5S/c1-20-7-9-22(10-8-20)31-30(32(37)34-2)27-15-26(24(14-29(27)40-31)11-12-35-41(3,38)39)23-5-4-6-25(13-23)28(36)19-33-16-21(17-33)18-33/h4-10,13-15,21,35H,11-12,16-19H2,1-3H3,(H,34,37). The van der Waals surface area contributed by atoms with Crippen molar-refractivity contribution in [2.75, 3.05) is 19.8 Å². The van der Waals surface area contributed by atoms with Gasteiger partial charge in [0.25, 0.3) is 5.91 Å². The maximum absolute atomic E-state index is 13.3. The average molecular weight is 571 g/mol. The van der Waals surface area contributed by atoms with E-state index in [1.165, 1.54) is 19.3 Å². The van der Waals surface area contributed by atoms with Gasteiger partial charge in [0.15, 0.2) is 5.78 Å². The van der Waals surface area contributed by atoms with Gasteiger partial charge in [-0.25, -0.2) is 13.1 Å². The highest BCUT2D eigenvalue weighted by Crippen LogP contribution is 2.66. The molecule has 3 aliphatic rings. The van der Waals surface area contributed by atoms with Crippen molar-refractivity contribution < 1.29 is 22.4 Å². The first kappa shape index (κ1) is 27.4. The lowest BCUT2D eigenvalue weighted by Gasteiger charge is -2.62. The van der Waals surface area contributed by atoms with Crippen molar-refractivity contribution in [1.82, 2.24) is 10.0 Å². The molecule has 3 saturated carbocycles. The smallest absolute Gasteiger partial charge is 0.255 e. The Bertz CT molecular complexity index is 1770. The summed E-state index contributed by atoms with van der Waals surface area (Å²) in [5.41, 5.74) is 6.26. The Labute approximate surface area is 240 Å². The summed E-state index contributed by atoms with van der Waals surface area (Å²) >= 11 is 0. The van der Waals surface area contributed by atoms with Crippen LogP contribution in [0.1, 0.15) is 57.5 Å². The summed E-state index contributed by atoms with van der Waals surface area (Å²) in [5.74, 6) is 1.18. The number of ketones is 1. The Hall–Kier alpha value is -3.75. The molecule has 2 N–H and O–H groups in total. The van der Waals surface area contributed by atoms with Gasteiger partial charge in [0.1, 0.15) is 11.3 Å². The van der Waals surface area contributed by atoms with Crippen LogP contribution in [-0.4, -0.2) is 40.0 Å². The van der Waals surface area contributed by atoms with Crippen molar-refractivity contribution in [1.29, 1.82) is 0 Å². The molecule has 41 heavy (non-hydrogen) atoms. The molecule has 1 heterocycles. The van der Waals surface area contributed by atoms with E-state index in [4.69, 9.17) is 4.42 Å². The van der Waals surface area contributed by atoms with Crippen LogP contribution in [0.5, 0.6) is 0 Å². The maximum atomic E-state index is 13.3. The zero-order valence-electron chi connectivity index (χ0n) is 23.5. The predicted octanol–water partition coefficient (Wildman–Crippen LogP) is 5.90. The molecule has 3 aromatic carbocycles. The fraction of sp³-hybridized carbons (Fsp3) is 0.333. The number of Topliss-reactive ketones (excluding diaryl/α,β-unsaturated/α-hetero) is 1. The van der Waals surface area contributed by atoms with Gasteiger partial charge in [0, 0.05) is 36.5 Å². The van der Waals surface area contributed by atoms with Crippen molar-refractivity contribution in [2.24, 2.45) is 11.3 Å². The van der Waals surface area contributed by atoms with Gasteiger partial charge < -0.3 is 9.73 Å². The minimum Gasteiger partial charge on any atom is -0.455 e. The third-order valence-electron chi connectivity index (χ3n) is 8.64. The highest BCUT2D eigenvalue weighted by atomic mass is 32.2. The lowest BCUT2D eigenvalue weighted by Crippen LogP contribution is -2.52. The third kappa shape index (κ3) is 5.34. The Morgan fingerprint density at radius 3 is 2.37 bits per heavy atom. The van der Waals surface area contributed by atoms with E-state index < -0.39 is 10.0 Å². The number of amides is 1. The second kappa shape index (κ2) is 10.3. The molecule has 1 aromatic heterocycles. The van der Waals surface area contributed by atoms with Crippen LogP contribution in [0.15, 0.2) is 65.1 Å². The molecule has 0 unspecified atom stereocenters. The molecule has 7 nitrogen and oxygen atoms in total. The van der Waals surface area contributed by atoms with Crippen LogP contribution in [0, 0.1) is 18.3 Å². The highest BCUT2D eigenvalue weighted by molar-refractivity contribution is 7.88. The lowest BCUT2D eigenvalue weighted by atomic mass is 9.43. The molecule has 8 heteroatoms. The molecule has 2 bridgehead atoms. The van der Waals surface area contributed by atoms with E-state index in [2.05, 4.69) is 10.0 Å². The molecule has 212 valence electrons. The topological polar surface area (TPSA) is 105 Å². The van der Waals surface area contributed by atoms with Gasteiger partial charge in [-0.05, 0) is 78.8 Å².